The average molecular weight is 627 g/mol. The summed E-state index contributed by atoms with van der Waals surface area (Å²) in [7, 11) is -4.54. The second-order valence-corrected chi connectivity index (χ2v) is 13.7. The van der Waals surface area contributed by atoms with Crippen molar-refractivity contribution in [3.63, 3.8) is 0 Å². The molecule has 2 aromatic heterocycles. The Hall–Kier alpha value is -2.66. The number of hydrogen-bond acceptors (Lipinski definition) is 12. The molecule has 17 heteroatoms. The monoisotopic (exact) mass is 626 g/mol. The van der Waals surface area contributed by atoms with Gasteiger partial charge in [0.1, 0.15) is 17.8 Å². The van der Waals surface area contributed by atoms with E-state index in [-0.39, 0.29) is 54.3 Å². The lowest BCUT2D eigenvalue weighted by atomic mass is 9.96. The Labute approximate surface area is 245 Å². The molecule has 230 valence electrons. The molecule has 0 radical (unpaired) electrons. The van der Waals surface area contributed by atoms with E-state index in [9.17, 15) is 34.4 Å². The Kier molecular flexibility index (Phi) is 9.62. The second-order valence-electron chi connectivity index (χ2n) is 10.8. The maximum absolute atomic E-state index is 13.5. The summed E-state index contributed by atoms with van der Waals surface area (Å²) in [6, 6.07) is 8.80. The van der Waals surface area contributed by atoms with Crippen molar-refractivity contribution in [3.05, 3.63) is 52.6 Å². The molecule has 3 heterocycles. The Morgan fingerprint density at radius 2 is 2.05 bits per heavy atom. The van der Waals surface area contributed by atoms with Crippen LogP contribution in [-0.2, 0) is 25.2 Å². The first-order valence-electron chi connectivity index (χ1n) is 13.0. The third-order valence-corrected chi connectivity index (χ3v) is 9.66. The molecule has 42 heavy (non-hydrogen) atoms. The van der Waals surface area contributed by atoms with Crippen LogP contribution in [0, 0.1) is 5.41 Å². The fraction of sp³-hybridized carbons (Fsp3) is 0.520. The highest BCUT2D eigenvalue weighted by Gasteiger charge is 2.54. The van der Waals surface area contributed by atoms with Crippen molar-refractivity contribution in [1.29, 1.82) is 0 Å². The molecule has 0 spiro atoms. The van der Waals surface area contributed by atoms with Gasteiger partial charge in [0.05, 0.1) is 25.0 Å². The van der Waals surface area contributed by atoms with Crippen LogP contribution < -0.4 is 11.3 Å². The topological polar surface area (TPSA) is 226 Å². The molecule has 1 fully saturated rings. The summed E-state index contributed by atoms with van der Waals surface area (Å²) in [4.78, 5) is 45.9. The van der Waals surface area contributed by atoms with Gasteiger partial charge in [0.15, 0.2) is 22.5 Å². The SMILES string of the molecule is CC(C)(CO)C(=O)SCCOP(=O)(O)N(Cc1ccccc1)C[C@H]1O[C@@H](n2cnc3c(=O)[nH]c(N)nc32)[C@](C)(O)[C@@H]1O. The van der Waals surface area contributed by atoms with E-state index in [1.165, 1.54) is 17.8 Å². The zero-order chi connectivity index (χ0) is 30.9. The van der Waals surface area contributed by atoms with Crippen molar-refractivity contribution in [1.82, 2.24) is 24.2 Å². The summed E-state index contributed by atoms with van der Waals surface area (Å²) in [5, 5.41) is 31.5. The number of nitrogens with one attached hydrogen (secondary N) is 1. The lowest BCUT2D eigenvalue weighted by Gasteiger charge is -2.30. The maximum Gasteiger partial charge on any atom is 0.406 e. The number of nitrogen functional groups attached to an aromatic ring is 1. The molecular weight excluding hydrogens is 591 g/mol. The largest absolute Gasteiger partial charge is 0.406 e. The van der Waals surface area contributed by atoms with Crippen molar-refractivity contribution in [3.8, 4) is 0 Å². The van der Waals surface area contributed by atoms with Crippen LogP contribution in [0.4, 0.5) is 5.95 Å². The minimum atomic E-state index is -4.54. The number of ether oxygens (including phenoxy) is 1. The third kappa shape index (κ3) is 6.77. The van der Waals surface area contributed by atoms with Gasteiger partial charge < -0.3 is 30.7 Å². The minimum Gasteiger partial charge on any atom is -0.395 e. The quantitative estimate of drug-likeness (QED) is 0.120. The zero-order valence-electron chi connectivity index (χ0n) is 23.3. The number of fused-ring (bicyclic) bond motifs is 1. The second kappa shape index (κ2) is 12.5. The fourth-order valence-electron chi connectivity index (χ4n) is 4.40. The number of aromatic amines is 1. The van der Waals surface area contributed by atoms with Crippen LogP contribution in [0.25, 0.3) is 11.2 Å². The first-order valence-corrected chi connectivity index (χ1v) is 15.5. The van der Waals surface area contributed by atoms with E-state index in [2.05, 4.69) is 15.0 Å². The number of aliphatic hydroxyl groups is 3. The number of carbonyl (C=O) groups is 1. The molecule has 5 atom stereocenters. The molecule has 15 nitrogen and oxygen atoms in total. The Bertz CT molecular complexity index is 1520. The average Bonchev–Trinajstić information content (AvgIpc) is 3.44. The zero-order valence-corrected chi connectivity index (χ0v) is 25.0. The van der Waals surface area contributed by atoms with E-state index in [4.69, 9.17) is 15.0 Å². The molecule has 7 N–H and O–H groups in total. The van der Waals surface area contributed by atoms with Gasteiger partial charge in [0.2, 0.25) is 5.95 Å². The van der Waals surface area contributed by atoms with Gasteiger partial charge in [-0.15, -0.1) is 0 Å². The van der Waals surface area contributed by atoms with Gasteiger partial charge in [-0.2, -0.15) is 4.98 Å². The van der Waals surface area contributed by atoms with Crippen LogP contribution in [0.5, 0.6) is 0 Å². The maximum atomic E-state index is 13.5. The highest BCUT2D eigenvalue weighted by molar-refractivity contribution is 8.13. The highest BCUT2D eigenvalue weighted by atomic mass is 32.2. The van der Waals surface area contributed by atoms with E-state index in [0.717, 1.165) is 16.4 Å². The van der Waals surface area contributed by atoms with Crippen molar-refractivity contribution in [2.75, 3.05) is 31.2 Å². The summed E-state index contributed by atoms with van der Waals surface area (Å²) in [5.74, 6) is -0.120. The number of thioether (sulfide) groups is 1. The molecule has 1 aliphatic heterocycles. The fourth-order valence-corrected chi connectivity index (χ4v) is 6.53. The number of aliphatic hydroxyl groups excluding tert-OH is 2. The summed E-state index contributed by atoms with van der Waals surface area (Å²) < 4.78 is 27.2. The van der Waals surface area contributed by atoms with Crippen molar-refractivity contribution < 1.29 is 38.8 Å². The number of carbonyl (C=O) groups excluding carboxylic acids is 1. The Balaban J connectivity index is 1.54. The third-order valence-electron chi connectivity index (χ3n) is 6.94. The number of H-pyrrole nitrogens is 1. The van der Waals surface area contributed by atoms with E-state index in [0.29, 0.717) is 5.56 Å². The molecule has 1 saturated heterocycles. The molecule has 3 aromatic rings. The number of anilines is 1. The van der Waals surface area contributed by atoms with Crippen LogP contribution in [0.3, 0.4) is 0 Å². The molecule has 0 saturated carbocycles. The first kappa shape index (κ1) is 32.3. The first-order chi connectivity index (χ1) is 19.7. The van der Waals surface area contributed by atoms with E-state index in [1.807, 2.05) is 0 Å². The normalized spacial score (nSPS) is 24.3. The van der Waals surface area contributed by atoms with Crippen LogP contribution >= 0.6 is 19.5 Å². The van der Waals surface area contributed by atoms with Gasteiger partial charge in [-0.3, -0.25) is 23.7 Å². The lowest BCUT2D eigenvalue weighted by molar-refractivity contribution is -0.119. The number of nitrogens with zero attached hydrogens (tertiary/aromatic N) is 4. The standard InChI is InChI=1S/C25H35N6O9PS/c1-24(2,13-32)22(35)42-10-9-39-41(37,38)30(11-15-7-5-4-6-8-15)12-16-18(33)25(3,36)21(40-16)31-14-27-17-19(31)28-23(26)29-20(17)34/h4-8,14,16,18,21,32-33,36H,9-13H2,1-3H3,(H,37,38)(H3,26,28,29,34)/t16-,18-,21-,25-/m1/s1. The molecule has 0 bridgehead atoms. The predicted octanol–water partition coefficient (Wildman–Crippen LogP) is 0.609. The number of nitrogens with two attached hydrogens (primary N) is 1. The molecule has 0 amide bonds. The summed E-state index contributed by atoms with van der Waals surface area (Å²) in [5.41, 5.74) is 2.81. The van der Waals surface area contributed by atoms with Crippen molar-refractivity contribution in [2.45, 2.75) is 51.4 Å². The molecule has 1 aromatic carbocycles. The molecule has 1 aliphatic rings. The Morgan fingerprint density at radius 3 is 2.71 bits per heavy atom. The summed E-state index contributed by atoms with van der Waals surface area (Å²) in [6.07, 6.45) is -2.81. The van der Waals surface area contributed by atoms with E-state index >= 15 is 0 Å². The van der Waals surface area contributed by atoms with Gasteiger partial charge in [-0.25, -0.2) is 14.2 Å². The van der Waals surface area contributed by atoms with Gasteiger partial charge in [-0.1, -0.05) is 42.1 Å². The molecule has 0 aliphatic carbocycles. The van der Waals surface area contributed by atoms with Crippen LogP contribution in [-0.4, -0.2) is 92.8 Å². The minimum absolute atomic E-state index is 0.0168. The molecule has 1 unspecified atom stereocenters. The molecule has 4 rings (SSSR count). The van der Waals surface area contributed by atoms with Gasteiger partial charge in [-0.05, 0) is 26.3 Å². The van der Waals surface area contributed by atoms with Crippen molar-refractivity contribution in [2.24, 2.45) is 5.41 Å². The van der Waals surface area contributed by atoms with Gasteiger partial charge >= 0.3 is 7.75 Å². The smallest absolute Gasteiger partial charge is 0.395 e. The van der Waals surface area contributed by atoms with Crippen LogP contribution in [0.15, 0.2) is 41.5 Å². The number of rotatable bonds is 12. The number of aromatic nitrogens is 4. The van der Waals surface area contributed by atoms with Crippen molar-refractivity contribution >= 4 is 41.7 Å². The van der Waals surface area contributed by atoms with E-state index < -0.39 is 42.8 Å². The highest BCUT2D eigenvalue weighted by Crippen LogP contribution is 2.49. The lowest BCUT2D eigenvalue weighted by Crippen LogP contribution is -2.46. The summed E-state index contributed by atoms with van der Waals surface area (Å²) in [6.45, 7) is 3.49. The molecular formula is C25H35N6O9PS. The number of hydrogen-bond donors (Lipinski definition) is 6. The van der Waals surface area contributed by atoms with Gasteiger partial charge in [0, 0.05) is 18.8 Å². The van der Waals surface area contributed by atoms with Crippen LogP contribution in [0.1, 0.15) is 32.6 Å². The number of benzene rings is 1. The Morgan fingerprint density at radius 1 is 1.36 bits per heavy atom. The van der Waals surface area contributed by atoms with E-state index in [1.54, 1.807) is 44.2 Å². The summed E-state index contributed by atoms with van der Waals surface area (Å²) >= 11 is 0.879. The van der Waals surface area contributed by atoms with Crippen LogP contribution in [0.2, 0.25) is 0 Å². The number of imidazole rings is 1. The van der Waals surface area contributed by atoms with Gasteiger partial charge in [0.25, 0.3) is 5.56 Å². The predicted molar refractivity (Wildman–Crippen MR) is 154 cm³/mol.